The number of alkyl halides is 3. The van der Waals surface area contributed by atoms with E-state index in [9.17, 15) is 22.8 Å². The zero-order valence-corrected chi connectivity index (χ0v) is 18.6. The Morgan fingerprint density at radius 1 is 1.18 bits per heavy atom. The van der Waals surface area contributed by atoms with Crippen LogP contribution in [0.3, 0.4) is 0 Å². The van der Waals surface area contributed by atoms with Crippen molar-refractivity contribution in [3.8, 4) is 0 Å². The van der Waals surface area contributed by atoms with Crippen molar-refractivity contribution in [3.05, 3.63) is 54.0 Å². The maximum atomic E-state index is 13.2. The number of carbonyl (C=O) groups excluding carboxylic acids is 2. The molecule has 0 radical (unpaired) electrons. The third kappa shape index (κ3) is 6.98. The molecule has 0 spiro atoms. The summed E-state index contributed by atoms with van der Waals surface area (Å²) in [5.74, 6) is 0.338. The highest BCUT2D eigenvalue weighted by atomic mass is 19.4. The van der Waals surface area contributed by atoms with E-state index in [-0.39, 0.29) is 36.8 Å². The third-order valence-corrected chi connectivity index (χ3v) is 5.38. The van der Waals surface area contributed by atoms with Gasteiger partial charge in [0.1, 0.15) is 12.3 Å². The number of ether oxygens (including phenoxy) is 1. The molecule has 1 aromatic carbocycles. The van der Waals surface area contributed by atoms with E-state index in [0.717, 1.165) is 25.0 Å². The number of benzene rings is 1. The van der Waals surface area contributed by atoms with E-state index in [1.165, 1.54) is 23.3 Å². The zero-order valence-electron chi connectivity index (χ0n) is 18.6. The number of amides is 3. The van der Waals surface area contributed by atoms with Crippen LogP contribution in [-0.2, 0) is 22.3 Å². The number of furan rings is 1. The summed E-state index contributed by atoms with van der Waals surface area (Å²) in [7, 11) is 0. The Bertz CT molecular complexity index is 908. The van der Waals surface area contributed by atoms with Gasteiger partial charge in [0.2, 0.25) is 5.91 Å². The Morgan fingerprint density at radius 3 is 2.45 bits per heavy atom. The summed E-state index contributed by atoms with van der Waals surface area (Å²) in [6.07, 6.45) is -1.22. The summed E-state index contributed by atoms with van der Waals surface area (Å²) in [6.45, 7) is 4.61. The standard InChI is InChI=1S/C23H28F3N3O4/c1-16(2)29(22(31)27-18-9-7-17(8-10-18)23(24,25)26)15-21(30)28(13-19-5-3-11-32-19)14-20-6-4-12-33-20/h3,5,7-11,16,20H,4,6,12-15H2,1-2H3,(H,27,31). The van der Waals surface area contributed by atoms with Gasteiger partial charge in [0.25, 0.3) is 0 Å². The molecule has 1 N–H and O–H groups in total. The van der Waals surface area contributed by atoms with Crippen LogP contribution < -0.4 is 5.32 Å². The fraction of sp³-hybridized carbons (Fsp3) is 0.478. The summed E-state index contributed by atoms with van der Waals surface area (Å²) in [4.78, 5) is 28.9. The second-order valence-corrected chi connectivity index (χ2v) is 8.22. The highest BCUT2D eigenvalue weighted by molar-refractivity contribution is 5.92. The molecule has 1 aromatic heterocycles. The fourth-order valence-electron chi connectivity index (χ4n) is 3.55. The first-order valence-corrected chi connectivity index (χ1v) is 10.8. The van der Waals surface area contributed by atoms with Crippen LogP contribution in [-0.4, -0.2) is 53.6 Å². The molecule has 1 aliphatic heterocycles. The van der Waals surface area contributed by atoms with Crippen LogP contribution in [0.25, 0.3) is 0 Å². The van der Waals surface area contributed by atoms with Gasteiger partial charge in [0.15, 0.2) is 0 Å². The lowest BCUT2D eigenvalue weighted by molar-refractivity contribution is -0.137. The third-order valence-electron chi connectivity index (χ3n) is 5.38. The van der Waals surface area contributed by atoms with Gasteiger partial charge in [-0.3, -0.25) is 4.79 Å². The molecule has 0 aliphatic carbocycles. The van der Waals surface area contributed by atoms with Crippen molar-refractivity contribution in [1.82, 2.24) is 9.80 Å². The summed E-state index contributed by atoms with van der Waals surface area (Å²) in [5.41, 5.74) is -0.600. The number of nitrogens with zero attached hydrogens (tertiary/aromatic N) is 2. The molecule has 1 atom stereocenters. The van der Waals surface area contributed by atoms with Gasteiger partial charge in [-0.25, -0.2) is 4.79 Å². The van der Waals surface area contributed by atoms with Crippen molar-refractivity contribution in [2.45, 2.75) is 51.6 Å². The Kier molecular flexibility index (Phi) is 8.01. The van der Waals surface area contributed by atoms with Gasteiger partial charge in [-0.05, 0) is 63.1 Å². The van der Waals surface area contributed by atoms with Crippen molar-refractivity contribution < 1.29 is 31.9 Å². The van der Waals surface area contributed by atoms with E-state index in [1.807, 2.05) is 0 Å². The lowest BCUT2D eigenvalue weighted by atomic mass is 10.2. The predicted molar refractivity (Wildman–Crippen MR) is 115 cm³/mol. The largest absolute Gasteiger partial charge is 0.467 e. The lowest BCUT2D eigenvalue weighted by Crippen LogP contribution is -2.48. The average molecular weight is 467 g/mol. The van der Waals surface area contributed by atoms with Crippen molar-refractivity contribution in [3.63, 3.8) is 0 Å². The minimum atomic E-state index is -4.46. The molecule has 1 saturated heterocycles. The first kappa shape index (κ1) is 24.6. The molecule has 3 rings (SSSR count). The Labute approximate surface area is 190 Å². The van der Waals surface area contributed by atoms with Gasteiger partial charge in [-0.2, -0.15) is 13.2 Å². The summed E-state index contributed by atoms with van der Waals surface area (Å²) in [6, 6.07) is 6.77. The van der Waals surface area contributed by atoms with E-state index < -0.39 is 17.8 Å². The Hall–Kier alpha value is -3.01. The summed E-state index contributed by atoms with van der Waals surface area (Å²) < 4.78 is 49.3. The van der Waals surface area contributed by atoms with E-state index in [1.54, 1.807) is 30.9 Å². The molecule has 7 nitrogen and oxygen atoms in total. The molecule has 3 amide bonds. The maximum Gasteiger partial charge on any atom is 0.416 e. The number of halogens is 3. The minimum Gasteiger partial charge on any atom is -0.467 e. The SMILES string of the molecule is CC(C)N(CC(=O)N(Cc1ccco1)CC1CCCO1)C(=O)Nc1ccc(C(F)(F)F)cc1. The highest BCUT2D eigenvalue weighted by Gasteiger charge is 2.30. The Morgan fingerprint density at radius 2 is 1.91 bits per heavy atom. The van der Waals surface area contributed by atoms with Crippen LogP contribution in [0.2, 0.25) is 0 Å². The molecule has 1 aliphatic rings. The van der Waals surface area contributed by atoms with Crippen LogP contribution >= 0.6 is 0 Å². The number of urea groups is 1. The van der Waals surface area contributed by atoms with Gasteiger partial charge in [-0.15, -0.1) is 0 Å². The van der Waals surface area contributed by atoms with Crippen LogP contribution in [0.15, 0.2) is 47.1 Å². The topological polar surface area (TPSA) is 75.0 Å². The molecule has 180 valence electrons. The monoisotopic (exact) mass is 467 g/mol. The maximum absolute atomic E-state index is 13.2. The average Bonchev–Trinajstić information content (AvgIpc) is 3.45. The normalized spacial score (nSPS) is 16.1. The first-order valence-electron chi connectivity index (χ1n) is 10.8. The van der Waals surface area contributed by atoms with E-state index in [4.69, 9.17) is 9.15 Å². The molecule has 33 heavy (non-hydrogen) atoms. The number of nitrogens with one attached hydrogen (secondary N) is 1. The summed E-state index contributed by atoms with van der Waals surface area (Å²) >= 11 is 0. The van der Waals surface area contributed by atoms with Crippen molar-refractivity contribution in [2.24, 2.45) is 0 Å². The number of rotatable bonds is 8. The van der Waals surface area contributed by atoms with Gasteiger partial charge in [-0.1, -0.05) is 0 Å². The molecular weight excluding hydrogens is 439 g/mol. The first-order chi connectivity index (χ1) is 15.6. The minimum absolute atomic E-state index is 0.0719. The smallest absolute Gasteiger partial charge is 0.416 e. The molecule has 0 saturated carbocycles. The molecular formula is C23H28F3N3O4. The van der Waals surface area contributed by atoms with E-state index >= 15 is 0 Å². The summed E-state index contributed by atoms with van der Waals surface area (Å²) in [5, 5.41) is 2.57. The van der Waals surface area contributed by atoms with Crippen LogP contribution in [0.4, 0.5) is 23.7 Å². The quantitative estimate of drug-likeness (QED) is 0.608. The lowest BCUT2D eigenvalue weighted by Gasteiger charge is -2.31. The van der Waals surface area contributed by atoms with Crippen molar-refractivity contribution in [2.75, 3.05) is 25.0 Å². The molecule has 0 bridgehead atoms. The van der Waals surface area contributed by atoms with Gasteiger partial charge >= 0.3 is 12.2 Å². The van der Waals surface area contributed by atoms with Gasteiger partial charge in [0.05, 0.1) is 24.5 Å². The highest BCUT2D eigenvalue weighted by Crippen LogP contribution is 2.30. The number of hydrogen-bond donors (Lipinski definition) is 1. The van der Waals surface area contributed by atoms with Crippen molar-refractivity contribution in [1.29, 1.82) is 0 Å². The molecule has 2 aromatic rings. The number of anilines is 1. The van der Waals surface area contributed by atoms with E-state index in [2.05, 4.69) is 5.32 Å². The Balaban J connectivity index is 1.67. The van der Waals surface area contributed by atoms with Gasteiger partial charge < -0.3 is 24.3 Å². The molecule has 2 heterocycles. The fourth-order valence-corrected chi connectivity index (χ4v) is 3.55. The predicted octanol–water partition coefficient (Wildman–Crippen LogP) is 4.75. The molecule has 1 fully saturated rings. The number of carbonyl (C=O) groups is 2. The molecule has 1 unspecified atom stereocenters. The second-order valence-electron chi connectivity index (χ2n) is 8.22. The van der Waals surface area contributed by atoms with Crippen LogP contribution in [0.5, 0.6) is 0 Å². The molecule has 10 heteroatoms. The van der Waals surface area contributed by atoms with E-state index in [0.29, 0.717) is 18.9 Å². The van der Waals surface area contributed by atoms with Crippen molar-refractivity contribution >= 4 is 17.6 Å². The van der Waals surface area contributed by atoms with Crippen LogP contribution in [0.1, 0.15) is 38.0 Å². The number of hydrogen-bond acceptors (Lipinski definition) is 4. The zero-order chi connectivity index (χ0) is 24.0. The van der Waals surface area contributed by atoms with Gasteiger partial charge in [0, 0.05) is 24.9 Å². The van der Waals surface area contributed by atoms with Crippen LogP contribution in [0, 0.1) is 0 Å². The second kappa shape index (κ2) is 10.7.